The lowest BCUT2D eigenvalue weighted by atomic mass is 9.53. The van der Waals surface area contributed by atoms with E-state index in [4.69, 9.17) is 4.42 Å². The minimum atomic E-state index is -0.105. The van der Waals surface area contributed by atoms with Gasteiger partial charge >= 0.3 is 0 Å². The first-order valence-electron chi connectivity index (χ1n) is 9.20. The van der Waals surface area contributed by atoms with Gasteiger partial charge in [0, 0.05) is 18.4 Å². The smallest absolute Gasteiger partial charge is 0.220 e. The van der Waals surface area contributed by atoms with E-state index >= 15 is 0 Å². The Morgan fingerprint density at radius 2 is 1.67 bits per heavy atom. The molecule has 1 aromatic heterocycles. The molecule has 2 amide bonds. The van der Waals surface area contributed by atoms with E-state index in [0.29, 0.717) is 6.54 Å². The van der Waals surface area contributed by atoms with Gasteiger partial charge in [0.05, 0.1) is 12.8 Å². The molecule has 1 aromatic rings. The summed E-state index contributed by atoms with van der Waals surface area (Å²) in [6.07, 6.45) is 9.63. The Balaban J connectivity index is 1.23. The Bertz CT molecular complexity index is 573. The van der Waals surface area contributed by atoms with Gasteiger partial charge in [-0.05, 0) is 68.4 Å². The molecule has 0 atom stereocenters. The maximum atomic E-state index is 12.4. The van der Waals surface area contributed by atoms with Crippen LogP contribution in [0.4, 0.5) is 0 Å². The number of hydrogen-bond donors (Lipinski definition) is 2. The Morgan fingerprint density at radius 3 is 2.25 bits per heavy atom. The van der Waals surface area contributed by atoms with Crippen molar-refractivity contribution in [1.82, 2.24) is 10.6 Å². The van der Waals surface area contributed by atoms with E-state index < -0.39 is 0 Å². The molecular weight excluding hydrogens is 304 g/mol. The summed E-state index contributed by atoms with van der Waals surface area (Å²) >= 11 is 0. The molecule has 2 N–H and O–H groups in total. The van der Waals surface area contributed by atoms with Gasteiger partial charge in [0.2, 0.25) is 11.8 Å². The number of hydrogen-bond acceptors (Lipinski definition) is 3. The molecule has 5 nitrogen and oxygen atoms in total. The van der Waals surface area contributed by atoms with Crippen molar-refractivity contribution in [2.24, 2.45) is 17.8 Å². The molecule has 4 aliphatic rings. The van der Waals surface area contributed by atoms with E-state index in [-0.39, 0.29) is 30.2 Å². The zero-order valence-electron chi connectivity index (χ0n) is 14.1. The summed E-state index contributed by atoms with van der Waals surface area (Å²) in [6, 6.07) is 3.61. The average Bonchev–Trinajstić information content (AvgIpc) is 3.02. The molecule has 4 fully saturated rings. The molecule has 5 rings (SSSR count). The zero-order chi connectivity index (χ0) is 16.6. The van der Waals surface area contributed by atoms with Gasteiger partial charge in [-0.2, -0.15) is 0 Å². The number of furan rings is 1. The second-order valence-corrected chi connectivity index (χ2v) is 8.10. The lowest BCUT2D eigenvalue weighted by Gasteiger charge is -2.56. The van der Waals surface area contributed by atoms with Crippen molar-refractivity contribution >= 4 is 11.8 Å². The number of carbonyl (C=O) groups is 2. The SMILES string of the molecule is O=C(CCC(=O)NC12CC3CC(CC(C3)C1)C2)NCc1ccco1. The summed E-state index contributed by atoms with van der Waals surface area (Å²) < 4.78 is 5.17. The number of rotatable bonds is 6. The van der Waals surface area contributed by atoms with Gasteiger partial charge in [0.1, 0.15) is 5.76 Å². The fourth-order valence-corrected chi connectivity index (χ4v) is 5.54. The van der Waals surface area contributed by atoms with Gasteiger partial charge in [0.15, 0.2) is 0 Å². The normalized spacial score (nSPS) is 33.4. The molecule has 0 aliphatic heterocycles. The maximum Gasteiger partial charge on any atom is 0.220 e. The van der Waals surface area contributed by atoms with Crippen molar-refractivity contribution in [1.29, 1.82) is 0 Å². The fourth-order valence-electron chi connectivity index (χ4n) is 5.54. The summed E-state index contributed by atoms with van der Waals surface area (Å²) in [7, 11) is 0. The van der Waals surface area contributed by atoms with Gasteiger partial charge in [0.25, 0.3) is 0 Å². The van der Waals surface area contributed by atoms with Crippen molar-refractivity contribution in [3.05, 3.63) is 24.2 Å². The van der Waals surface area contributed by atoms with Crippen LogP contribution in [0.15, 0.2) is 22.8 Å². The summed E-state index contributed by atoms with van der Waals surface area (Å²) in [5.41, 5.74) is 0.0382. The first-order valence-corrected chi connectivity index (χ1v) is 9.20. The Labute approximate surface area is 142 Å². The van der Waals surface area contributed by atoms with Gasteiger partial charge in [-0.3, -0.25) is 9.59 Å². The predicted octanol–water partition coefficient (Wildman–Crippen LogP) is 2.76. The molecule has 4 saturated carbocycles. The van der Waals surface area contributed by atoms with E-state index in [1.807, 2.05) is 6.07 Å². The van der Waals surface area contributed by atoms with Crippen LogP contribution in [0, 0.1) is 17.8 Å². The molecule has 24 heavy (non-hydrogen) atoms. The first kappa shape index (κ1) is 15.7. The lowest BCUT2D eigenvalue weighted by molar-refractivity contribution is -0.130. The summed E-state index contributed by atoms with van der Waals surface area (Å²) in [5.74, 6) is 3.09. The average molecular weight is 330 g/mol. The maximum absolute atomic E-state index is 12.4. The van der Waals surface area contributed by atoms with Crippen LogP contribution in [0.3, 0.4) is 0 Å². The highest BCUT2D eigenvalue weighted by Crippen LogP contribution is 2.55. The molecule has 1 heterocycles. The molecular formula is C19H26N2O3. The highest BCUT2D eigenvalue weighted by molar-refractivity contribution is 5.84. The van der Waals surface area contributed by atoms with Gasteiger partial charge in [-0.1, -0.05) is 0 Å². The van der Waals surface area contributed by atoms with Crippen LogP contribution in [0.1, 0.15) is 57.1 Å². The van der Waals surface area contributed by atoms with Crippen LogP contribution < -0.4 is 10.6 Å². The molecule has 5 heteroatoms. The molecule has 0 unspecified atom stereocenters. The first-order chi connectivity index (χ1) is 11.6. The standard InChI is InChI=1S/C19H26N2O3/c22-17(20-12-16-2-1-5-24-16)3-4-18(23)21-19-9-13-6-14(10-19)8-15(7-13)11-19/h1-2,5,13-15H,3-4,6-12H2,(H,20,22)(H,21,23). The molecule has 0 saturated heterocycles. The minimum absolute atomic E-state index is 0.0325. The van der Waals surface area contributed by atoms with Crippen LogP contribution in [0.5, 0.6) is 0 Å². The molecule has 130 valence electrons. The van der Waals surface area contributed by atoms with E-state index in [2.05, 4.69) is 10.6 Å². The third-order valence-electron chi connectivity index (χ3n) is 6.06. The summed E-state index contributed by atoms with van der Waals surface area (Å²) in [4.78, 5) is 24.2. The van der Waals surface area contributed by atoms with Crippen LogP contribution >= 0.6 is 0 Å². The van der Waals surface area contributed by atoms with Crippen molar-refractivity contribution < 1.29 is 14.0 Å². The molecule has 0 aromatic carbocycles. The largest absolute Gasteiger partial charge is 0.467 e. The highest BCUT2D eigenvalue weighted by atomic mass is 16.3. The second-order valence-electron chi connectivity index (χ2n) is 8.10. The topological polar surface area (TPSA) is 71.3 Å². The molecule has 0 radical (unpaired) electrons. The number of nitrogens with one attached hydrogen (secondary N) is 2. The molecule has 4 aliphatic carbocycles. The fraction of sp³-hybridized carbons (Fsp3) is 0.684. The van der Waals surface area contributed by atoms with Crippen molar-refractivity contribution in [3.8, 4) is 0 Å². The second kappa shape index (κ2) is 6.26. The monoisotopic (exact) mass is 330 g/mol. The minimum Gasteiger partial charge on any atom is -0.467 e. The third kappa shape index (κ3) is 3.35. The van der Waals surface area contributed by atoms with Crippen LogP contribution in [0.2, 0.25) is 0 Å². The quantitative estimate of drug-likeness (QED) is 0.842. The Kier molecular flexibility index (Phi) is 4.10. The van der Waals surface area contributed by atoms with E-state index in [1.54, 1.807) is 12.3 Å². The Hall–Kier alpha value is -1.78. The van der Waals surface area contributed by atoms with Crippen LogP contribution in [-0.2, 0) is 16.1 Å². The summed E-state index contributed by atoms with van der Waals surface area (Å²) in [6.45, 7) is 0.377. The summed E-state index contributed by atoms with van der Waals surface area (Å²) in [5, 5.41) is 6.10. The highest BCUT2D eigenvalue weighted by Gasteiger charge is 2.51. The molecule has 4 bridgehead atoms. The van der Waals surface area contributed by atoms with Crippen molar-refractivity contribution in [2.45, 2.75) is 63.5 Å². The number of carbonyl (C=O) groups excluding carboxylic acids is 2. The van der Waals surface area contributed by atoms with Gasteiger partial charge < -0.3 is 15.1 Å². The Morgan fingerprint density at radius 1 is 1.04 bits per heavy atom. The van der Waals surface area contributed by atoms with E-state index in [0.717, 1.165) is 42.8 Å². The van der Waals surface area contributed by atoms with Gasteiger partial charge in [-0.15, -0.1) is 0 Å². The van der Waals surface area contributed by atoms with E-state index in [1.165, 1.54) is 19.3 Å². The number of amides is 2. The van der Waals surface area contributed by atoms with E-state index in [9.17, 15) is 9.59 Å². The van der Waals surface area contributed by atoms with Crippen LogP contribution in [0.25, 0.3) is 0 Å². The van der Waals surface area contributed by atoms with Crippen molar-refractivity contribution in [3.63, 3.8) is 0 Å². The molecule has 0 spiro atoms. The van der Waals surface area contributed by atoms with Gasteiger partial charge in [-0.25, -0.2) is 0 Å². The third-order valence-corrected chi connectivity index (χ3v) is 6.06. The predicted molar refractivity (Wildman–Crippen MR) is 88.8 cm³/mol. The zero-order valence-corrected chi connectivity index (χ0v) is 14.1. The van der Waals surface area contributed by atoms with Crippen molar-refractivity contribution in [2.75, 3.05) is 0 Å². The van der Waals surface area contributed by atoms with Crippen LogP contribution in [-0.4, -0.2) is 17.4 Å². The lowest BCUT2D eigenvalue weighted by Crippen LogP contribution is -2.59.